The summed E-state index contributed by atoms with van der Waals surface area (Å²) in [5.74, 6) is 0.917. The van der Waals surface area contributed by atoms with Gasteiger partial charge >= 0.3 is 0 Å². The summed E-state index contributed by atoms with van der Waals surface area (Å²) in [4.78, 5) is 33.5. The van der Waals surface area contributed by atoms with E-state index in [1.807, 2.05) is 42.2 Å². The maximum Gasteiger partial charge on any atom is 0.251 e. The van der Waals surface area contributed by atoms with Gasteiger partial charge in [0, 0.05) is 49.4 Å². The molecule has 0 aliphatic carbocycles. The molecule has 166 valence electrons. The molecular formula is C24H27N5O3. The molecule has 2 amide bonds. The van der Waals surface area contributed by atoms with E-state index in [9.17, 15) is 9.59 Å². The Labute approximate surface area is 187 Å². The lowest BCUT2D eigenvalue weighted by molar-refractivity contribution is -0.133. The summed E-state index contributed by atoms with van der Waals surface area (Å²) < 4.78 is 5.18. The first-order chi connectivity index (χ1) is 15.5. The Morgan fingerprint density at radius 3 is 2.34 bits per heavy atom. The highest BCUT2D eigenvalue weighted by Gasteiger charge is 2.26. The molecule has 1 saturated heterocycles. The van der Waals surface area contributed by atoms with Crippen LogP contribution in [0.5, 0.6) is 0 Å². The van der Waals surface area contributed by atoms with Gasteiger partial charge in [-0.15, -0.1) is 0 Å². The monoisotopic (exact) mass is 433 g/mol. The highest BCUT2D eigenvalue weighted by molar-refractivity contribution is 5.97. The van der Waals surface area contributed by atoms with Crippen LogP contribution in [0, 0.1) is 0 Å². The zero-order valence-electron chi connectivity index (χ0n) is 18.3. The maximum absolute atomic E-state index is 12.8. The Bertz CT molecular complexity index is 1060. The Morgan fingerprint density at radius 2 is 1.72 bits per heavy atom. The number of hydrogen-bond donors (Lipinski definition) is 1. The molecule has 32 heavy (non-hydrogen) atoms. The number of hydrogen-bond acceptors (Lipinski definition) is 6. The number of carbonyl (C=O) groups is 2. The van der Waals surface area contributed by atoms with Crippen LogP contribution in [0.15, 0.2) is 59.1 Å². The number of anilines is 1. The van der Waals surface area contributed by atoms with Crippen molar-refractivity contribution in [3.63, 3.8) is 0 Å². The van der Waals surface area contributed by atoms with E-state index >= 15 is 0 Å². The lowest BCUT2D eigenvalue weighted by Crippen LogP contribution is -2.54. The molecule has 4 rings (SSSR count). The molecule has 8 nitrogen and oxygen atoms in total. The number of aryl methyl sites for hydroxylation is 1. The largest absolute Gasteiger partial charge is 0.368 e. The first kappa shape index (κ1) is 21.5. The predicted molar refractivity (Wildman–Crippen MR) is 121 cm³/mol. The number of aromatic nitrogens is 2. The van der Waals surface area contributed by atoms with Gasteiger partial charge in [0.15, 0.2) is 0 Å². The fourth-order valence-electron chi connectivity index (χ4n) is 3.73. The molecule has 8 heteroatoms. The summed E-state index contributed by atoms with van der Waals surface area (Å²) in [5, 5.41) is 6.81. The number of nitrogens with one attached hydrogen (secondary N) is 1. The zero-order chi connectivity index (χ0) is 22.5. The van der Waals surface area contributed by atoms with Gasteiger partial charge in [0.25, 0.3) is 5.91 Å². The number of carbonyl (C=O) groups excluding carboxylic acids is 2. The number of amides is 2. The lowest BCUT2D eigenvalue weighted by atomic mass is 10.1. The first-order valence-electron chi connectivity index (χ1n) is 10.9. The highest BCUT2D eigenvalue weighted by atomic mass is 16.5. The van der Waals surface area contributed by atoms with E-state index in [0.717, 1.165) is 24.3 Å². The minimum absolute atomic E-state index is 0.0619. The summed E-state index contributed by atoms with van der Waals surface area (Å²) >= 11 is 0. The molecule has 1 unspecified atom stereocenters. The molecule has 3 aromatic rings. The average molecular weight is 434 g/mol. The van der Waals surface area contributed by atoms with E-state index in [2.05, 4.69) is 20.4 Å². The maximum atomic E-state index is 12.8. The second-order valence-corrected chi connectivity index (χ2v) is 7.79. The van der Waals surface area contributed by atoms with E-state index < -0.39 is 6.04 Å². The quantitative estimate of drug-likeness (QED) is 0.643. The van der Waals surface area contributed by atoms with Gasteiger partial charge in [-0.05, 0) is 43.3 Å². The third-order valence-corrected chi connectivity index (χ3v) is 5.61. The molecule has 1 aliphatic rings. The average Bonchev–Trinajstić information content (AvgIpc) is 3.34. The van der Waals surface area contributed by atoms with Crippen molar-refractivity contribution in [3.05, 3.63) is 66.1 Å². The van der Waals surface area contributed by atoms with Gasteiger partial charge in [-0.2, -0.15) is 4.98 Å². The number of benzene rings is 2. The molecule has 0 bridgehead atoms. The van der Waals surface area contributed by atoms with Crippen LogP contribution < -0.4 is 10.2 Å². The van der Waals surface area contributed by atoms with Crippen LogP contribution in [-0.4, -0.2) is 59.1 Å². The fraction of sp³-hybridized carbons (Fsp3) is 0.333. The van der Waals surface area contributed by atoms with E-state index in [0.29, 0.717) is 36.8 Å². The third kappa shape index (κ3) is 4.80. The summed E-state index contributed by atoms with van der Waals surface area (Å²) in [6, 6.07) is 16.4. The molecule has 1 N–H and O–H groups in total. The highest BCUT2D eigenvalue weighted by Crippen LogP contribution is 2.22. The molecule has 2 aromatic carbocycles. The van der Waals surface area contributed by atoms with Crippen molar-refractivity contribution in [1.29, 1.82) is 0 Å². The van der Waals surface area contributed by atoms with Crippen LogP contribution in [-0.2, 0) is 11.2 Å². The molecule has 0 spiro atoms. The summed E-state index contributed by atoms with van der Waals surface area (Å²) in [5.41, 5.74) is 2.55. The topological polar surface area (TPSA) is 91.6 Å². The van der Waals surface area contributed by atoms with Crippen molar-refractivity contribution in [1.82, 2.24) is 20.4 Å². The zero-order valence-corrected chi connectivity index (χ0v) is 18.3. The lowest BCUT2D eigenvalue weighted by Gasteiger charge is -2.37. The van der Waals surface area contributed by atoms with Gasteiger partial charge in [-0.1, -0.05) is 30.3 Å². The van der Waals surface area contributed by atoms with Crippen molar-refractivity contribution >= 4 is 17.5 Å². The standard InChI is InChI=1S/C24H27N5O3/c1-3-21-26-22(27-32-21)18-9-11-20(12-10-18)28-13-15-29(16-14-28)24(31)17(2)25-23(30)19-7-5-4-6-8-19/h4-12,17H,3,13-16H2,1-2H3,(H,25,30). The van der Waals surface area contributed by atoms with Crippen molar-refractivity contribution in [2.24, 2.45) is 0 Å². The van der Waals surface area contributed by atoms with Crippen LogP contribution in [0.4, 0.5) is 5.69 Å². The van der Waals surface area contributed by atoms with Crippen molar-refractivity contribution in [2.75, 3.05) is 31.1 Å². The van der Waals surface area contributed by atoms with Crippen LogP contribution >= 0.6 is 0 Å². The SMILES string of the molecule is CCc1nc(-c2ccc(N3CCN(C(=O)C(C)NC(=O)c4ccccc4)CC3)cc2)no1. The Kier molecular flexibility index (Phi) is 6.49. The van der Waals surface area contributed by atoms with Crippen molar-refractivity contribution in [2.45, 2.75) is 26.3 Å². The summed E-state index contributed by atoms with van der Waals surface area (Å²) in [6.45, 7) is 6.38. The molecule has 1 atom stereocenters. The van der Waals surface area contributed by atoms with Gasteiger partial charge in [0.2, 0.25) is 17.6 Å². The van der Waals surface area contributed by atoms with E-state index in [-0.39, 0.29) is 11.8 Å². The van der Waals surface area contributed by atoms with Crippen molar-refractivity contribution < 1.29 is 14.1 Å². The van der Waals surface area contributed by atoms with Gasteiger partial charge < -0.3 is 19.6 Å². The predicted octanol–water partition coefficient (Wildman–Crippen LogP) is 2.77. The molecule has 0 saturated carbocycles. The first-order valence-corrected chi connectivity index (χ1v) is 10.9. The second kappa shape index (κ2) is 9.64. The van der Waals surface area contributed by atoms with Crippen LogP contribution in [0.25, 0.3) is 11.4 Å². The Hall–Kier alpha value is -3.68. The number of nitrogens with zero attached hydrogens (tertiary/aromatic N) is 4. The van der Waals surface area contributed by atoms with Gasteiger partial charge in [0.05, 0.1) is 0 Å². The van der Waals surface area contributed by atoms with E-state index in [4.69, 9.17) is 4.52 Å². The fourth-order valence-corrected chi connectivity index (χ4v) is 3.73. The molecule has 1 aromatic heterocycles. The minimum atomic E-state index is -0.573. The molecule has 1 aliphatic heterocycles. The second-order valence-electron chi connectivity index (χ2n) is 7.79. The van der Waals surface area contributed by atoms with Crippen LogP contribution in [0.3, 0.4) is 0 Å². The summed E-state index contributed by atoms with van der Waals surface area (Å²) in [7, 11) is 0. The van der Waals surface area contributed by atoms with Gasteiger partial charge in [-0.3, -0.25) is 9.59 Å². The normalized spacial score (nSPS) is 14.8. The molecule has 1 fully saturated rings. The number of piperazine rings is 1. The molecular weight excluding hydrogens is 406 g/mol. The van der Waals surface area contributed by atoms with Gasteiger partial charge in [-0.25, -0.2) is 0 Å². The number of rotatable bonds is 6. The van der Waals surface area contributed by atoms with E-state index in [1.54, 1.807) is 31.2 Å². The van der Waals surface area contributed by atoms with Crippen LogP contribution in [0.2, 0.25) is 0 Å². The third-order valence-electron chi connectivity index (χ3n) is 5.61. The molecule has 0 radical (unpaired) electrons. The van der Waals surface area contributed by atoms with Crippen molar-refractivity contribution in [3.8, 4) is 11.4 Å². The Morgan fingerprint density at radius 1 is 1.03 bits per heavy atom. The molecule has 2 heterocycles. The summed E-state index contributed by atoms with van der Waals surface area (Å²) in [6.07, 6.45) is 0.711. The smallest absolute Gasteiger partial charge is 0.251 e. The minimum Gasteiger partial charge on any atom is -0.368 e. The van der Waals surface area contributed by atoms with Gasteiger partial charge in [0.1, 0.15) is 6.04 Å². The van der Waals surface area contributed by atoms with E-state index in [1.165, 1.54) is 0 Å². The van der Waals surface area contributed by atoms with Crippen LogP contribution in [0.1, 0.15) is 30.1 Å². The Balaban J connectivity index is 1.30.